The van der Waals surface area contributed by atoms with Crippen LogP contribution in [-0.4, -0.2) is 100 Å². The van der Waals surface area contributed by atoms with Gasteiger partial charge in [-0.15, -0.1) is 113 Å². The molecule has 4 saturated heterocycles. The number of aromatic nitrogens is 10. The first kappa shape index (κ1) is 75.3. The minimum atomic E-state index is -2.87. The van der Waals surface area contributed by atoms with Crippen LogP contribution in [0.2, 0.25) is 0 Å². The van der Waals surface area contributed by atoms with E-state index in [4.69, 9.17) is 60.5 Å². The lowest BCUT2D eigenvalue weighted by molar-refractivity contribution is -0.171. The van der Waals surface area contributed by atoms with E-state index in [1.165, 1.54) is 0 Å². The van der Waals surface area contributed by atoms with Crippen LogP contribution in [0.25, 0.3) is 0 Å². The number of nitrogens with zero attached hydrogens (tertiary/aromatic N) is 10. The number of hydrogen-bond donors (Lipinski definition) is 5. The molecule has 486 valence electrons. The first-order valence-electron chi connectivity index (χ1n) is 25.9. The summed E-state index contributed by atoms with van der Waals surface area (Å²) in [7, 11) is 0. The molecule has 0 radical (unpaired) electrons. The highest BCUT2D eigenvalue weighted by Crippen LogP contribution is 2.53. The van der Waals surface area contributed by atoms with Crippen molar-refractivity contribution >= 4 is 62.0 Å². The van der Waals surface area contributed by atoms with Crippen molar-refractivity contribution in [2.24, 2.45) is 28.7 Å². The van der Waals surface area contributed by atoms with Crippen LogP contribution in [-0.2, 0) is 30.9 Å². The van der Waals surface area contributed by atoms with Crippen LogP contribution >= 0.6 is 62.0 Å². The number of fused-ring (bicyclic) bond motifs is 6. The molecule has 10 N–H and O–H groups in total. The second-order valence-corrected chi connectivity index (χ2v) is 21.2. The third kappa shape index (κ3) is 18.8. The lowest BCUT2D eigenvalue weighted by Crippen LogP contribution is -2.58. The van der Waals surface area contributed by atoms with Gasteiger partial charge < -0.3 is 65.0 Å². The van der Waals surface area contributed by atoms with Gasteiger partial charge in [-0.3, -0.25) is 0 Å². The van der Waals surface area contributed by atoms with Gasteiger partial charge in [0.25, 0.3) is 35.3 Å². The van der Waals surface area contributed by atoms with Gasteiger partial charge in [-0.1, -0.05) is 0 Å². The van der Waals surface area contributed by atoms with Crippen LogP contribution in [0.5, 0.6) is 0 Å². The van der Waals surface area contributed by atoms with Crippen LogP contribution in [0.1, 0.15) is 219 Å². The SMILES string of the molecule is Cl.Cl.Cl.Cl.Cl.NC12CCC(c3nnc(C(F)F)o3)(CC1)CC2.NC12CCC(c3nnc(C(F)F)o3)(CC1)OC2.NC1CCC(F)(c2nnc(C(F)F)o2)CC1.N[C@@H]1CC[C@@H](c2nnc(C(F)F)o2)OC1.N[C@H]1CC[C@H](c2nnc(C(F)F)o2)OC1. The molecule has 5 saturated carbocycles. The molecule has 14 rings (SSSR count). The fraction of sp³-hybridized carbons (Fsp3) is 0.783. The average molecular weight is 1340 g/mol. The zero-order valence-electron chi connectivity index (χ0n) is 44.9. The maximum Gasteiger partial charge on any atom is 0.314 e. The van der Waals surface area contributed by atoms with E-state index in [2.05, 4.69) is 55.4 Å². The van der Waals surface area contributed by atoms with Crippen LogP contribution < -0.4 is 28.7 Å². The van der Waals surface area contributed by atoms with E-state index < -0.39 is 85.1 Å². The van der Waals surface area contributed by atoms with E-state index in [0.29, 0.717) is 64.2 Å². The molecular weight excluding hydrogens is 1280 g/mol. The van der Waals surface area contributed by atoms with E-state index in [0.717, 1.165) is 64.2 Å². The zero-order valence-corrected chi connectivity index (χ0v) is 49.0. The second kappa shape index (κ2) is 32.0. The van der Waals surface area contributed by atoms with Crippen LogP contribution in [0.15, 0.2) is 22.1 Å². The minimum absolute atomic E-state index is 0. The number of alkyl halides is 11. The highest BCUT2D eigenvalue weighted by Gasteiger charge is 2.53. The summed E-state index contributed by atoms with van der Waals surface area (Å²) in [4.78, 5) is 0. The Balaban J connectivity index is 0.000000275. The minimum Gasteiger partial charge on any atom is -0.419 e. The Hall–Kier alpha value is -3.94. The predicted octanol–water partition coefficient (Wildman–Crippen LogP) is 10.4. The van der Waals surface area contributed by atoms with Gasteiger partial charge in [-0.2, -0.15) is 43.9 Å². The Labute approximate surface area is 508 Å². The van der Waals surface area contributed by atoms with Crippen molar-refractivity contribution in [1.29, 1.82) is 0 Å². The molecule has 0 spiro atoms. The standard InChI is InChI=1S/C11H15F2N3O.C10H13F2N3O2.C9H12F3N3O.2C8H11F2N3O2.5ClH/c12-7(13)8-15-16-9(17-8)10-1-4-11(14,5-2-10)6-3-10;11-6(12)7-14-15-8(17-7)10-3-1-9(13,2-4-10)5-16-10;10-6(11)7-14-15-8(16-7)9(12)3-1-5(13)2-4-9;2*9-6(10)8-13-12-7(15-8)5-2-1-4(11)3-14-5;;;;;/h7H,1-6,14H2;6H,1-5,13H2;5-6H,1-4,13H2;2*4-6H,1-3,11H2;5*1H/t;;;2*4-,5+;;;;;/m...10...../s1. The molecular formula is C46H67Cl5F11N15O8. The topological polar surface area (TPSA) is 352 Å². The van der Waals surface area contributed by atoms with E-state index in [1.807, 2.05) is 0 Å². The molecule has 0 aromatic carbocycles. The van der Waals surface area contributed by atoms with E-state index in [9.17, 15) is 48.3 Å². The fourth-order valence-corrected chi connectivity index (χ4v) is 10.3. The summed E-state index contributed by atoms with van der Waals surface area (Å²) >= 11 is 0. The normalized spacial score (nSPS) is 30.1. The molecule has 5 aromatic heterocycles. The first-order chi connectivity index (χ1) is 37.9. The van der Waals surface area contributed by atoms with Gasteiger partial charge in [-0.05, 0) is 116 Å². The lowest BCUT2D eigenvalue weighted by atomic mass is 9.57. The molecule has 4 aliphatic heterocycles. The van der Waals surface area contributed by atoms with Crippen molar-refractivity contribution in [2.45, 2.75) is 206 Å². The summed E-state index contributed by atoms with van der Waals surface area (Å²) in [6, 6.07) is -0.0427. The largest absolute Gasteiger partial charge is 0.419 e. The Kier molecular flexibility index (Phi) is 28.3. The molecule has 9 fully saturated rings. The van der Waals surface area contributed by atoms with Crippen LogP contribution in [0.4, 0.5) is 48.3 Å². The summed E-state index contributed by atoms with van der Waals surface area (Å²) in [5.41, 5.74) is 26.1. The van der Waals surface area contributed by atoms with E-state index in [1.54, 1.807) is 0 Å². The van der Waals surface area contributed by atoms with Gasteiger partial charge in [0.1, 0.15) is 17.8 Å². The number of halogens is 16. The Bertz CT molecular complexity index is 2540. The first-order valence-corrected chi connectivity index (χ1v) is 25.9. The highest BCUT2D eigenvalue weighted by atomic mass is 35.5. The van der Waals surface area contributed by atoms with Gasteiger partial charge in [0.05, 0.1) is 19.8 Å². The maximum absolute atomic E-state index is 14.3. The summed E-state index contributed by atoms with van der Waals surface area (Å²) in [6.45, 7) is 1.19. The molecule has 5 aliphatic carbocycles. The summed E-state index contributed by atoms with van der Waals surface area (Å²) in [5, 5.41) is 34.2. The highest BCUT2D eigenvalue weighted by molar-refractivity contribution is 5.86. The molecule has 9 heterocycles. The number of hydrogen-bond acceptors (Lipinski definition) is 23. The van der Waals surface area contributed by atoms with Gasteiger partial charge in [0.15, 0.2) is 5.67 Å². The molecule has 39 heteroatoms. The quantitative estimate of drug-likeness (QED) is 0.0811. The Morgan fingerprint density at radius 3 is 1.08 bits per heavy atom. The third-order valence-corrected chi connectivity index (χ3v) is 15.4. The molecule has 23 nitrogen and oxygen atoms in total. The second-order valence-electron chi connectivity index (χ2n) is 21.2. The van der Waals surface area contributed by atoms with Crippen molar-refractivity contribution < 1.29 is 84.6 Å². The van der Waals surface area contributed by atoms with Crippen LogP contribution in [0.3, 0.4) is 0 Å². The number of nitrogens with two attached hydrogens (primary N) is 5. The maximum atomic E-state index is 14.3. The van der Waals surface area contributed by atoms with Crippen molar-refractivity contribution in [2.75, 3.05) is 19.8 Å². The van der Waals surface area contributed by atoms with Crippen molar-refractivity contribution in [3.05, 3.63) is 58.9 Å². The van der Waals surface area contributed by atoms with E-state index in [-0.39, 0.29) is 133 Å². The van der Waals surface area contributed by atoms with Crippen LogP contribution in [0, 0.1) is 0 Å². The predicted molar refractivity (Wildman–Crippen MR) is 283 cm³/mol. The average Bonchev–Trinajstić information content (AvgIpc) is 2.98. The lowest BCUT2D eigenvalue weighted by Gasteiger charge is -2.49. The van der Waals surface area contributed by atoms with Gasteiger partial charge in [0, 0.05) is 34.6 Å². The fourth-order valence-electron chi connectivity index (χ4n) is 10.3. The third-order valence-electron chi connectivity index (χ3n) is 15.4. The van der Waals surface area contributed by atoms with Crippen molar-refractivity contribution in [3.63, 3.8) is 0 Å². The molecule has 5 aromatic rings. The monoisotopic (exact) mass is 1340 g/mol. The summed E-state index contributed by atoms with van der Waals surface area (Å²) in [5.74, 6) is -2.96. The molecule has 4 atom stereocenters. The molecule has 85 heavy (non-hydrogen) atoms. The van der Waals surface area contributed by atoms with Gasteiger partial charge in [-0.25, -0.2) is 4.39 Å². The van der Waals surface area contributed by atoms with Gasteiger partial charge >= 0.3 is 32.1 Å². The van der Waals surface area contributed by atoms with Crippen molar-refractivity contribution in [3.8, 4) is 0 Å². The smallest absolute Gasteiger partial charge is 0.314 e. The summed E-state index contributed by atoms with van der Waals surface area (Å²) in [6.07, 6.45) is -2.33. The zero-order chi connectivity index (χ0) is 57.6. The molecule has 9 aliphatic rings. The van der Waals surface area contributed by atoms with Gasteiger partial charge in [0.2, 0.25) is 23.6 Å². The summed E-state index contributed by atoms with van der Waals surface area (Å²) < 4.78 is 178. The van der Waals surface area contributed by atoms with E-state index >= 15 is 0 Å². The molecule has 4 bridgehead atoms. The van der Waals surface area contributed by atoms with Crippen molar-refractivity contribution in [1.82, 2.24) is 51.0 Å². The number of rotatable bonds is 10. The Morgan fingerprint density at radius 1 is 0.376 bits per heavy atom. The Morgan fingerprint density at radius 2 is 0.729 bits per heavy atom. The molecule has 0 amide bonds. The number of ether oxygens (including phenoxy) is 3. The molecule has 0 unspecified atom stereocenters.